The molecule has 0 aromatic heterocycles. The first kappa shape index (κ1) is 14.0. The summed E-state index contributed by atoms with van der Waals surface area (Å²) in [7, 11) is 2.06. The van der Waals surface area contributed by atoms with Gasteiger partial charge in [0.15, 0.2) is 0 Å². The predicted molar refractivity (Wildman–Crippen MR) is 70.5 cm³/mol. The third-order valence-electron chi connectivity index (χ3n) is 2.20. The first-order valence-corrected chi connectivity index (χ1v) is 6.75. The molecule has 1 aromatic rings. The van der Waals surface area contributed by atoms with Crippen molar-refractivity contribution >= 4 is 34.0 Å². The number of nitrogen functional groups attached to an aromatic ring is 1. The van der Waals surface area contributed by atoms with E-state index in [1.165, 1.54) is 4.90 Å². The molecule has 6 heteroatoms. The maximum atomic E-state index is 11.9. The Bertz CT molecular complexity index is 449. The first-order chi connectivity index (χ1) is 7.91. The summed E-state index contributed by atoms with van der Waals surface area (Å²) in [6.07, 6.45) is 0.236. The second kappa shape index (κ2) is 6.02. The van der Waals surface area contributed by atoms with Crippen LogP contribution in [-0.2, 0) is 15.6 Å². The van der Waals surface area contributed by atoms with Gasteiger partial charge in [0.05, 0.1) is 20.7 Å². The van der Waals surface area contributed by atoms with Gasteiger partial charge in [-0.25, -0.2) is 0 Å². The summed E-state index contributed by atoms with van der Waals surface area (Å²) in [5.74, 6) is 0.214. The number of amides is 1. The fourth-order valence-corrected chi connectivity index (χ4v) is 2.74. The van der Waals surface area contributed by atoms with Crippen LogP contribution in [0.5, 0.6) is 0 Å². The minimum absolute atomic E-state index is 0.0510. The lowest BCUT2D eigenvalue weighted by molar-refractivity contribution is -0.128. The molecule has 0 spiro atoms. The van der Waals surface area contributed by atoms with Crippen LogP contribution in [0.25, 0.3) is 0 Å². The van der Waals surface area contributed by atoms with Crippen LogP contribution >= 0.6 is 11.6 Å². The molecular formula is C11H15ClN2O2S. The van der Waals surface area contributed by atoms with Gasteiger partial charge in [-0.2, -0.15) is 0 Å². The molecule has 0 aliphatic heterocycles. The number of rotatable bonds is 4. The molecule has 1 amide bonds. The van der Waals surface area contributed by atoms with E-state index in [0.717, 1.165) is 0 Å². The molecule has 1 rings (SSSR count). The number of carbonyl (C=O) groups is 1. The lowest BCUT2D eigenvalue weighted by Crippen LogP contribution is -2.23. The van der Waals surface area contributed by atoms with Gasteiger partial charge in [0, 0.05) is 32.0 Å². The highest BCUT2D eigenvalue weighted by molar-refractivity contribution is 7.85. The van der Waals surface area contributed by atoms with E-state index in [4.69, 9.17) is 17.3 Å². The number of hydrogen-bond acceptors (Lipinski definition) is 3. The summed E-state index contributed by atoms with van der Waals surface area (Å²) >= 11 is 5.93. The molecule has 94 valence electrons. The molecule has 0 bridgehead atoms. The second-order valence-corrected chi connectivity index (χ2v) is 5.72. The van der Waals surface area contributed by atoms with Crippen LogP contribution in [0, 0.1) is 0 Å². The van der Waals surface area contributed by atoms with Crippen LogP contribution in [-0.4, -0.2) is 34.9 Å². The van der Waals surface area contributed by atoms with E-state index in [0.29, 0.717) is 15.6 Å². The van der Waals surface area contributed by atoms with Gasteiger partial charge >= 0.3 is 0 Å². The van der Waals surface area contributed by atoms with E-state index in [9.17, 15) is 9.00 Å². The standard InChI is InChI=1S/C11H15ClN2O2S/c1-14(2)11(15)5-6-17(16)10-4-3-8(13)7-9(10)12/h3-4,7H,5-6,13H2,1-2H3. The Hall–Kier alpha value is -1.07. The van der Waals surface area contributed by atoms with Gasteiger partial charge in [-0.1, -0.05) is 11.6 Å². The SMILES string of the molecule is CN(C)C(=O)CCS(=O)c1ccc(N)cc1Cl. The van der Waals surface area contributed by atoms with Crippen molar-refractivity contribution in [1.29, 1.82) is 0 Å². The normalized spacial score (nSPS) is 12.2. The highest BCUT2D eigenvalue weighted by Gasteiger charge is 2.12. The molecule has 0 aliphatic carbocycles. The topological polar surface area (TPSA) is 63.4 Å². The summed E-state index contributed by atoms with van der Waals surface area (Å²) in [6, 6.07) is 4.84. The molecule has 0 saturated carbocycles. The summed E-state index contributed by atoms with van der Waals surface area (Å²) in [5, 5.41) is 0.376. The van der Waals surface area contributed by atoms with E-state index >= 15 is 0 Å². The van der Waals surface area contributed by atoms with Crippen LogP contribution in [0.1, 0.15) is 6.42 Å². The zero-order chi connectivity index (χ0) is 13.0. The number of hydrogen-bond donors (Lipinski definition) is 1. The summed E-state index contributed by atoms with van der Waals surface area (Å²) in [6.45, 7) is 0. The van der Waals surface area contributed by atoms with Crippen LogP contribution in [0.3, 0.4) is 0 Å². The zero-order valence-corrected chi connectivity index (χ0v) is 11.3. The largest absolute Gasteiger partial charge is 0.399 e. The van der Waals surface area contributed by atoms with Crippen molar-refractivity contribution in [3.63, 3.8) is 0 Å². The lowest BCUT2D eigenvalue weighted by atomic mass is 10.3. The number of nitrogens with two attached hydrogens (primary N) is 1. The van der Waals surface area contributed by atoms with Crippen molar-refractivity contribution in [2.75, 3.05) is 25.6 Å². The van der Waals surface area contributed by atoms with Crippen molar-refractivity contribution in [3.8, 4) is 0 Å². The van der Waals surface area contributed by atoms with Gasteiger partial charge in [0.1, 0.15) is 0 Å². The van der Waals surface area contributed by atoms with Gasteiger partial charge in [0.25, 0.3) is 0 Å². The zero-order valence-electron chi connectivity index (χ0n) is 9.77. The van der Waals surface area contributed by atoms with E-state index < -0.39 is 10.8 Å². The van der Waals surface area contributed by atoms with E-state index in [1.54, 1.807) is 32.3 Å². The Morgan fingerprint density at radius 1 is 1.47 bits per heavy atom. The van der Waals surface area contributed by atoms with Crippen molar-refractivity contribution in [1.82, 2.24) is 4.90 Å². The maximum Gasteiger partial charge on any atom is 0.222 e. The Labute approximate surface area is 108 Å². The number of halogens is 1. The van der Waals surface area contributed by atoms with E-state index in [1.807, 2.05) is 0 Å². The fourth-order valence-electron chi connectivity index (χ4n) is 1.22. The monoisotopic (exact) mass is 274 g/mol. The molecule has 17 heavy (non-hydrogen) atoms. The number of carbonyl (C=O) groups excluding carboxylic acids is 1. The Balaban J connectivity index is 2.68. The molecule has 1 aromatic carbocycles. The van der Waals surface area contributed by atoms with Crippen LogP contribution < -0.4 is 5.73 Å². The van der Waals surface area contributed by atoms with Crippen LogP contribution in [0.15, 0.2) is 23.1 Å². The highest BCUT2D eigenvalue weighted by atomic mass is 35.5. The van der Waals surface area contributed by atoms with Gasteiger partial charge < -0.3 is 10.6 Å². The third kappa shape index (κ3) is 4.02. The Morgan fingerprint density at radius 3 is 2.65 bits per heavy atom. The lowest BCUT2D eigenvalue weighted by Gasteiger charge is -2.10. The Kier molecular flexibility index (Phi) is 4.96. The molecule has 1 unspecified atom stereocenters. The van der Waals surface area contributed by atoms with E-state index in [-0.39, 0.29) is 18.1 Å². The van der Waals surface area contributed by atoms with Crippen molar-refractivity contribution < 1.29 is 9.00 Å². The van der Waals surface area contributed by atoms with Crippen LogP contribution in [0.4, 0.5) is 5.69 Å². The maximum absolute atomic E-state index is 11.9. The summed E-state index contributed by atoms with van der Waals surface area (Å²) < 4.78 is 11.9. The minimum atomic E-state index is -1.28. The number of anilines is 1. The molecule has 4 nitrogen and oxygen atoms in total. The molecule has 0 saturated heterocycles. The van der Waals surface area contributed by atoms with Gasteiger partial charge in [-0.15, -0.1) is 0 Å². The highest BCUT2D eigenvalue weighted by Crippen LogP contribution is 2.22. The molecule has 0 radical (unpaired) electrons. The summed E-state index contributed by atoms with van der Waals surface area (Å²) in [4.78, 5) is 13.4. The average Bonchev–Trinajstić information content (AvgIpc) is 2.25. The quantitative estimate of drug-likeness (QED) is 0.847. The van der Waals surface area contributed by atoms with Gasteiger partial charge in [0.2, 0.25) is 5.91 Å². The minimum Gasteiger partial charge on any atom is -0.399 e. The van der Waals surface area contributed by atoms with Gasteiger partial charge in [-0.3, -0.25) is 9.00 Å². The molecular weight excluding hydrogens is 260 g/mol. The first-order valence-electron chi connectivity index (χ1n) is 5.05. The molecule has 0 fully saturated rings. The molecule has 0 heterocycles. The Morgan fingerprint density at radius 2 is 2.12 bits per heavy atom. The average molecular weight is 275 g/mol. The summed E-state index contributed by atoms with van der Waals surface area (Å²) in [5.41, 5.74) is 6.07. The van der Waals surface area contributed by atoms with Crippen molar-refractivity contribution in [2.24, 2.45) is 0 Å². The second-order valence-electron chi connectivity index (χ2n) is 3.78. The molecule has 1 atom stereocenters. The van der Waals surface area contributed by atoms with Crippen molar-refractivity contribution in [3.05, 3.63) is 23.2 Å². The van der Waals surface area contributed by atoms with E-state index in [2.05, 4.69) is 0 Å². The van der Waals surface area contributed by atoms with Gasteiger partial charge in [-0.05, 0) is 18.2 Å². The number of benzene rings is 1. The third-order valence-corrected chi connectivity index (χ3v) is 4.05. The van der Waals surface area contributed by atoms with Crippen LogP contribution in [0.2, 0.25) is 5.02 Å². The smallest absolute Gasteiger partial charge is 0.222 e. The number of nitrogens with zero attached hydrogens (tertiary/aromatic N) is 1. The molecule has 0 aliphatic rings. The fraction of sp³-hybridized carbons (Fsp3) is 0.364. The predicted octanol–water partition coefficient (Wildman–Crippen LogP) is 1.51. The molecule has 2 N–H and O–H groups in total. The van der Waals surface area contributed by atoms with Crippen molar-refractivity contribution in [2.45, 2.75) is 11.3 Å².